The van der Waals surface area contributed by atoms with Crippen LogP contribution in [0.5, 0.6) is 5.75 Å². The van der Waals surface area contributed by atoms with Crippen molar-refractivity contribution in [1.29, 1.82) is 0 Å². The molecule has 7 rings (SSSR count). The van der Waals surface area contributed by atoms with E-state index in [2.05, 4.69) is 10.2 Å². The van der Waals surface area contributed by atoms with Gasteiger partial charge in [-0.15, -0.1) is 10.2 Å². The Morgan fingerprint density at radius 2 is 1.72 bits per heavy atom. The molecule has 2 aliphatic carbocycles. The minimum atomic E-state index is -4.34. The van der Waals surface area contributed by atoms with Crippen LogP contribution in [0.4, 0.5) is 27.6 Å². The molecule has 1 spiro atoms. The number of hydrogen-bond acceptors (Lipinski definition) is 5. The summed E-state index contributed by atoms with van der Waals surface area (Å²) in [4.78, 5) is 3.34. The van der Waals surface area contributed by atoms with E-state index < -0.39 is 23.3 Å². The minimum absolute atomic E-state index is 0.00342. The molecule has 206 valence electrons. The van der Waals surface area contributed by atoms with Crippen molar-refractivity contribution in [3.05, 3.63) is 64.2 Å². The zero-order valence-electron chi connectivity index (χ0n) is 21.0. The van der Waals surface area contributed by atoms with Gasteiger partial charge in [-0.25, -0.2) is 8.78 Å². The van der Waals surface area contributed by atoms with Crippen molar-refractivity contribution in [1.82, 2.24) is 19.7 Å². The fourth-order valence-corrected chi connectivity index (χ4v) is 6.96. The summed E-state index contributed by atoms with van der Waals surface area (Å²) in [7, 11) is 1.34. The summed E-state index contributed by atoms with van der Waals surface area (Å²) in [5.41, 5.74) is -0.0987. The molecule has 0 amide bonds. The van der Waals surface area contributed by atoms with E-state index in [0.717, 1.165) is 30.4 Å². The first-order valence-electron chi connectivity index (χ1n) is 12.9. The van der Waals surface area contributed by atoms with Gasteiger partial charge in [-0.3, -0.25) is 9.47 Å². The second-order valence-electron chi connectivity index (χ2n) is 11.4. The van der Waals surface area contributed by atoms with E-state index in [1.54, 1.807) is 12.1 Å². The Morgan fingerprint density at radius 1 is 0.974 bits per heavy atom. The van der Waals surface area contributed by atoms with Gasteiger partial charge in [0, 0.05) is 48.1 Å². The number of rotatable bonds is 4. The third kappa shape index (κ3) is 3.76. The molecule has 2 saturated carbocycles. The maximum atomic E-state index is 14.5. The van der Waals surface area contributed by atoms with E-state index in [1.807, 2.05) is 15.5 Å². The highest BCUT2D eigenvalue weighted by Crippen LogP contribution is 2.58. The number of hydrogen-bond donors (Lipinski definition) is 0. The second kappa shape index (κ2) is 8.30. The summed E-state index contributed by atoms with van der Waals surface area (Å²) in [5, 5.41) is 9.30. The molecule has 0 unspecified atom stereocenters. The first kappa shape index (κ1) is 25.1. The topological polar surface area (TPSA) is 46.4 Å². The average molecular weight is 566 g/mol. The molecule has 0 radical (unpaired) electrons. The number of benzene rings is 2. The lowest BCUT2D eigenvalue weighted by molar-refractivity contribution is -0.200. The molecule has 0 atom stereocenters. The maximum Gasteiger partial charge on any atom is 0.406 e. The number of halogens is 6. The van der Waals surface area contributed by atoms with E-state index >= 15 is 0 Å². The molecular formula is C27H25ClF5N5O. The van der Waals surface area contributed by atoms with Crippen LogP contribution in [0.2, 0.25) is 5.02 Å². The van der Waals surface area contributed by atoms with Gasteiger partial charge in [0.15, 0.2) is 17.4 Å². The highest BCUT2D eigenvalue weighted by molar-refractivity contribution is 6.30. The van der Waals surface area contributed by atoms with Crippen LogP contribution >= 0.6 is 11.6 Å². The van der Waals surface area contributed by atoms with Crippen LogP contribution in [0.15, 0.2) is 30.3 Å². The van der Waals surface area contributed by atoms with Crippen molar-refractivity contribution in [2.24, 2.45) is 5.41 Å². The molecule has 6 nitrogen and oxygen atoms in total. The number of alkyl halides is 3. The quantitative estimate of drug-likeness (QED) is 0.363. The third-order valence-corrected chi connectivity index (χ3v) is 9.16. The Kier molecular flexibility index (Phi) is 5.33. The van der Waals surface area contributed by atoms with Crippen LogP contribution < -0.4 is 9.64 Å². The molecule has 0 N–H and O–H groups in total. The molecular weight excluding hydrogens is 541 g/mol. The first-order chi connectivity index (χ1) is 18.5. The van der Waals surface area contributed by atoms with Crippen molar-refractivity contribution < 1.29 is 26.7 Å². The number of aromatic nitrogens is 3. The van der Waals surface area contributed by atoms with E-state index in [-0.39, 0.29) is 43.0 Å². The maximum absolute atomic E-state index is 14.5. The molecule has 0 bridgehead atoms. The first-order valence-corrected chi connectivity index (χ1v) is 13.2. The largest absolute Gasteiger partial charge is 0.494 e. The summed E-state index contributed by atoms with van der Waals surface area (Å²) in [6.45, 7) is 1.39. The highest BCUT2D eigenvalue weighted by Gasteiger charge is 2.67. The molecule has 1 saturated heterocycles. The van der Waals surface area contributed by atoms with E-state index in [4.69, 9.17) is 16.3 Å². The second-order valence-corrected chi connectivity index (χ2v) is 11.8. The third-order valence-electron chi connectivity index (χ3n) is 8.93. The number of fused-ring (bicyclic) bond motifs is 3. The molecule has 12 heteroatoms. The summed E-state index contributed by atoms with van der Waals surface area (Å²) >= 11 is 6.26. The number of ether oxygens (including phenoxy) is 1. The Balaban J connectivity index is 1.14. The van der Waals surface area contributed by atoms with Crippen molar-refractivity contribution in [2.45, 2.75) is 56.4 Å². The smallest absolute Gasteiger partial charge is 0.406 e. The van der Waals surface area contributed by atoms with Crippen LogP contribution in [0.25, 0.3) is 5.69 Å². The number of anilines is 1. The van der Waals surface area contributed by atoms with Crippen LogP contribution in [-0.4, -0.2) is 51.6 Å². The molecule has 1 aromatic heterocycles. The van der Waals surface area contributed by atoms with Gasteiger partial charge in [0.05, 0.1) is 25.0 Å². The Labute approximate surface area is 226 Å². The lowest BCUT2D eigenvalue weighted by Gasteiger charge is -2.59. The van der Waals surface area contributed by atoms with E-state index in [0.29, 0.717) is 35.2 Å². The summed E-state index contributed by atoms with van der Waals surface area (Å²) < 4.78 is 77.4. The van der Waals surface area contributed by atoms with Gasteiger partial charge in [0.1, 0.15) is 17.2 Å². The van der Waals surface area contributed by atoms with Crippen molar-refractivity contribution in [2.75, 3.05) is 25.1 Å². The predicted molar refractivity (Wildman–Crippen MR) is 133 cm³/mol. The van der Waals surface area contributed by atoms with Gasteiger partial charge in [-0.2, -0.15) is 13.2 Å². The van der Waals surface area contributed by atoms with Gasteiger partial charge >= 0.3 is 6.18 Å². The number of nitrogens with zero attached hydrogens (tertiary/aromatic N) is 5. The standard InChI is InChI=1S/C27H25ClF5N5O/c1-39-22-8-21(18(29)7-19(22)30)36-13-25(14-36)9-16(10-25)24-35-34-23-12-37(26(4-5-26)27(31,32)33)11-15-6-17(28)2-3-20(15)38(23)24/h2-3,6-8,16H,4-5,9-14H2,1H3. The zero-order valence-corrected chi connectivity index (χ0v) is 21.8. The molecule has 2 aromatic carbocycles. The normalized spacial score (nSPS) is 21.6. The molecule has 3 fully saturated rings. The highest BCUT2D eigenvalue weighted by atomic mass is 35.5. The molecule has 3 heterocycles. The molecule has 3 aromatic rings. The monoisotopic (exact) mass is 565 g/mol. The van der Waals surface area contributed by atoms with Gasteiger partial charge in [0.25, 0.3) is 0 Å². The lowest BCUT2D eigenvalue weighted by atomic mass is 9.57. The number of methoxy groups -OCH3 is 1. The Morgan fingerprint density at radius 3 is 2.38 bits per heavy atom. The zero-order chi connectivity index (χ0) is 27.3. The average Bonchev–Trinajstić information content (AvgIpc) is 3.58. The van der Waals surface area contributed by atoms with Gasteiger partial charge in [0.2, 0.25) is 0 Å². The molecule has 39 heavy (non-hydrogen) atoms. The van der Waals surface area contributed by atoms with Gasteiger partial charge < -0.3 is 9.64 Å². The Bertz CT molecular complexity index is 1470. The fraction of sp³-hybridized carbons (Fsp3) is 0.481. The van der Waals surface area contributed by atoms with Crippen LogP contribution in [0, 0.1) is 17.0 Å². The summed E-state index contributed by atoms with van der Waals surface area (Å²) in [6, 6.07) is 7.51. The molecule has 2 aliphatic heterocycles. The summed E-state index contributed by atoms with van der Waals surface area (Å²) in [6.07, 6.45) is -2.62. The van der Waals surface area contributed by atoms with Crippen molar-refractivity contribution in [3.8, 4) is 11.4 Å². The SMILES string of the molecule is COc1cc(N2CC3(CC(c4nnc5n4-c4ccc(Cl)cc4CN(C4(C(F)(F)F)CC4)C5)C3)C2)c(F)cc1F. The van der Waals surface area contributed by atoms with E-state index in [1.165, 1.54) is 18.1 Å². The van der Waals surface area contributed by atoms with Crippen molar-refractivity contribution in [3.63, 3.8) is 0 Å². The molecule has 4 aliphatic rings. The van der Waals surface area contributed by atoms with Gasteiger partial charge in [-0.1, -0.05) is 11.6 Å². The Hall–Kier alpha value is -2.92. The minimum Gasteiger partial charge on any atom is -0.494 e. The van der Waals surface area contributed by atoms with Crippen LogP contribution in [0.3, 0.4) is 0 Å². The summed E-state index contributed by atoms with van der Waals surface area (Å²) in [5.74, 6) is -0.101. The van der Waals surface area contributed by atoms with Gasteiger partial charge in [-0.05, 0) is 49.4 Å². The fourth-order valence-electron chi connectivity index (χ4n) is 6.77. The predicted octanol–water partition coefficient (Wildman–Crippen LogP) is 6.00. The van der Waals surface area contributed by atoms with Crippen molar-refractivity contribution >= 4 is 17.3 Å². The lowest BCUT2D eigenvalue weighted by Crippen LogP contribution is -2.62. The van der Waals surface area contributed by atoms with Crippen LogP contribution in [-0.2, 0) is 13.1 Å². The van der Waals surface area contributed by atoms with Crippen LogP contribution in [0.1, 0.15) is 48.8 Å². The van der Waals surface area contributed by atoms with E-state index in [9.17, 15) is 22.0 Å².